The van der Waals surface area contributed by atoms with E-state index in [4.69, 9.17) is 0 Å². The Morgan fingerprint density at radius 1 is 1.03 bits per heavy atom. The van der Waals surface area contributed by atoms with Crippen LogP contribution >= 0.6 is 0 Å². The molecular weight excluding hydrogens is 406 g/mol. The molecule has 8 heteroatoms. The first-order valence-corrected chi connectivity index (χ1v) is 10.8. The molecule has 1 saturated heterocycles. The summed E-state index contributed by atoms with van der Waals surface area (Å²) in [7, 11) is 0. The quantitative estimate of drug-likeness (QED) is 0.661. The minimum absolute atomic E-state index is 0.0271. The molecule has 5 rings (SSSR count). The largest absolute Gasteiger partial charge is 0.388 e. The molecule has 1 aromatic heterocycles. The van der Waals surface area contributed by atoms with Crippen molar-refractivity contribution in [1.29, 1.82) is 0 Å². The normalized spacial score (nSPS) is 17.6. The molecule has 0 bridgehead atoms. The summed E-state index contributed by atoms with van der Waals surface area (Å²) in [4.78, 5) is 33.6. The SMILES string of the molecule is O=C(c1ccccc1)N1CCC(O)(CN2CNn3c(cnc3-c3ccccc3)C2=O)CC1. The Balaban J connectivity index is 1.24. The van der Waals surface area contributed by atoms with Gasteiger partial charge in [-0.1, -0.05) is 48.5 Å². The molecule has 2 aliphatic heterocycles. The summed E-state index contributed by atoms with van der Waals surface area (Å²) in [6.45, 7) is 1.39. The fourth-order valence-electron chi connectivity index (χ4n) is 4.37. The van der Waals surface area contributed by atoms with Crippen LogP contribution in [0.1, 0.15) is 33.7 Å². The Morgan fingerprint density at radius 3 is 2.38 bits per heavy atom. The van der Waals surface area contributed by atoms with Crippen LogP contribution in [0.3, 0.4) is 0 Å². The van der Waals surface area contributed by atoms with E-state index in [0.29, 0.717) is 43.0 Å². The zero-order valence-corrected chi connectivity index (χ0v) is 17.6. The Hall–Kier alpha value is -3.65. The van der Waals surface area contributed by atoms with Gasteiger partial charge < -0.3 is 20.3 Å². The van der Waals surface area contributed by atoms with E-state index in [1.807, 2.05) is 48.5 Å². The van der Waals surface area contributed by atoms with E-state index in [1.54, 1.807) is 32.8 Å². The van der Waals surface area contributed by atoms with Crippen LogP contribution in [0.4, 0.5) is 0 Å². The number of imidazole rings is 1. The maximum atomic E-state index is 13.1. The van der Waals surface area contributed by atoms with Gasteiger partial charge in [-0.3, -0.25) is 9.59 Å². The number of aromatic nitrogens is 2. The van der Waals surface area contributed by atoms with Crippen LogP contribution < -0.4 is 5.43 Å². The van der Waals surface area contributed by atoms with Crippen LogP contribution in [0.15, 0.2) is 66.9 Å². The van der Waals surface area contributed by atoms with Gasteiger partial charge >= 0.3 is 0 Å². The van der Waals surface area contributed by atoms with Crippen molar-refractivity contribution >= 4 is 11.8 Å². The number of hydrogen-bond donors (Lipinski definition) is 2. The van der Waals surface area contributed by atoms with Gasteiger partial charge in [-0.15, -0.1) is 0 Å². The number of fused-ring (bicyclic) bond motifs is 1. The third kappa shape index (κ3) is 3.73. The first kappa shape index (κ1) is 20.3. The van der Waals surface area contributed by atoms with Crippen molar-refractivity contribution in [3.05, 3.63) is 78.1 Å². The highest BCUT2D eigenvalue weighted by atomic mass is 16.3. The van der Waals surface area contributed by atoms with Crippen molar-refractivity contribution in [2.75, 3.05) is 31.7 Å². The van der Waals surface area contributed by atoms with Crippen molar-refractivity contribution in [3.8, 4) is 11.4 Å². The van der Waals surface area contributed by atoms with Crippen molar-refractivity contribution in [2.45, 2.75) is 18.4 Å². The maximum absolute atomic E-state index is 13.1. The van der Waals surface area contributed by atoms with Crippen molar-refractivity contribution < 1.29 is 14.7 Å². The van der Waals surface area contributed by atoms with E-state index in [9.17, 15) is 14.7 Å². The number of nitrogens with zero attached hydrogens (tertiary/aromatic N) is 4. The molecule has 3 heterocycles. The Morgan fingerprint density at radius 2 is 1.69 bits per heavy atom. The van der Waals surface area contributed by atoms with Crippen LogP contribution in [0.2, 0.25) is 0 Å². The molecule has 0 atom stereocenters. The summed E-state index contributed by atoms with van der Waals surface area (Å²) in [5, 5.41) is 11.2. The first-order valence-electron chi connectivity index (χ1n) is 10.8. The second-order valence-corrected chi connectivity index (χ2v) is 8.37. The molecule has 2 amide bonds. The van der Waals surface area contributed by atoms with Crippen LogP contribution in [0.5, 0.6) is 0 Å². The maximum Gasteiger partial charge on any atom is 0.275 e. The fourth-order valence-corrected chi connectivity index (χ4v) is 4.37. The molecule has 164 valence electrons. The summed E-state index contributed by atoms with van der Waals surface area (Å²) in [5.41, 5.74) is 4.20. The topological polar surface area (TPSA) is 90.7 Å². The Bertz CT molecular complexity index is 1120. The number of hydrogen-bond acceptors (Lipinski definition) is 5. The predicted molar refractivity (Wildman–Crippen MR) is 119 cm³/mol. The molecule has 32 heavy (non-hydrogen) atoms. The summed E-state index contributed by atoms with van der Waals surface area (Å²) in [6, 6.07) is 18.8. The van der Waals surface area contributed by atoms with E-state index in [1.165, 1.54) is 0 Å². The van der Waals surface area contributed by atoms with Crippen LogP contribution in [-0.2, 0) is 0 Å². The number of rotatable bonds is 4. The van der Waals surface area contributed by atoms with Crippen molar-refractivity contribution in [2.24, 2.45) is 0 Å². The fraction of sp³-hybridized carbons (Fsp3) is 0.292. The number of carbonyl (C=O) groups is 2. The monoisotopic (exact) mass is 431 g/mol. The number of carbonyl (C=O) groups excluding carboxylic acids is 2. The molecule has 2 aliphatic rings. The van der Waals surface area contributed by atoms with Crippen LogP contribution in [-0.4, -0.2) is 68.3 Å². The second kappa shape index (κ2) is 8.12. The van der Waals surface area contributed by atoms with Gasteiger partial charge in [0.1, 0.15) is 12.4 Å². The van der Waals surface area contributed by atoms with Crippen LogP contribution in [0.25, 0.3) is 11.4 Å². The lowest BCUT2D eigenvalue weighted by Gasteiger charge is -2.42. The predicted octanol–water partition coefficient (Wildman–Crippen LogP) is 2.17. The highest BCUT2D eigenvalue weighted by Crippen LogP contribution is 2.27. The average molecular weight is 431 g/mol. The van der Waals surface area contributed by atoms with E-state index in [2.05, 4.69) is 10.4 Å². The van der Waals surface area contributed by atoms with Gasteiger partial charge in [0, 0.05) is 24.2 Å². The number of β-amino-alcohol motifs (C(OH)–C–C–N with tert-alkyl or cyclic N) is 1. The Kier molecular flexibility index (Phi) is 5.14. The van der Waals surface area contributed by atoms with Gasteiger partial charge in [-0.25, -0.2) is 9.66 Å². The van der Waals surface area contributed by atoms with E-state index in [-0.39, 0.29) is 25.0 Å². The molecule has 3 aromatic rings. The zero-order chi connectivity index (χ0) is 22.1. The first-order chi connectivity index (χ1) is 15.5. The van der Waals surface area contributed by atoms with E-state index < -0.39 is 5.60 Å². The molecule has 0 spiro atoms. The summed E-state index contributed by atoms with van der Waals surface area (Å²) >= 11 is 0. The minimum atomic E-state index is -1.03. The van der Waals surface area contributed by atoms with Gasteiger partial charge in [0.15, 0.2) is 5.82 Å². The lowest BCUT2D eigenvalue weighted by atomic mass is 9.90. The molecule has 2 aromatic carbocycles. The lowest BCUT2D eigenvalue weighted by molar-refractivity contribution is -0.0369. The number of piperidine rings is 1. The van der Waals surface area contributed by atoms with Crippen LogP contribution in [0, 0.1) is 0 Å². The van der Waals surface area contributed by atoms with Gasteiger partial charge in [0.05, 0.1) is 18.3 Å². The number of nitrogens with one attached hydrogen (secondary N) is 1. The summed E-state index contributed by atoms with van der Waals surface area (Å²) < 4.78 is 1.71. The van der Waals surface area contributed by atoms with E-state index in [0.717, 1.165) is 5.56 Å². The highest BCUT2D eigenvalue weighted by Gasteiger charge is 2.38. The third-order valence-corrected chi connectivity index (χ3v) is 6.21. The molecular formula is C24H25N5O3. The number of amides is 2. The molecule has 0 aliphatic carbocycles. The molecule has 0 radical (unpaired) electrons. The van der Waals surface area contributed by atoms with Crippen molar-refractivity contribution in [3.63, 3.8) is 0 Å². The summed E-state index contributed by atoms with van der Waals surface area (Å²) in [6.07, 6.45) is 2.41. The molecule has 2 N–H and O–H groups in total. The summed E-state index contributed by atoms with van der Waals surface area (Å²) in [5.74, 6) is 0.482. The second-order valence-electron chi connectivity index (χ2n) is 8.37. The standard InChI is InChI=1S/C24H25N5O3/c30-22(19-9-5-2-6-10-19)27-13-11-24(32,12-14-27)16-28-17-26-29-20(23(28)31)15-25-21(29)18-7-3-1-4-8-18/h1-10,15,26,32H,11-14,16-17H2. The van der Waals surface area contributed by atoms with Gasteiger partial charge in [-0.05, 0) is 25.0 Å². The molecule has 0 saturated carbocycles. The number of likely N-dealkylation sites (tertiary alicyclic amines) is 1. The van der Waals surface area contributed by atoms with Gasteiger partial charge in [0.25, 0.3) is 11.8 Å². The number of aliphatic hydroxyl groups is 1. The molecule has 1 fully saturated rings. The number of benzene rings is 2. The Labute approximate surface area is 186 Å². The molecule has 0 unspecified atom stereocenters. The van der Waals surface area contributed by atoms with E-state index >= 15 is 0 Å². The molecule has 8 nitrogen and oxygen atoms in total. The smallest absolute Gasteiger partial charge is 0.275 e. The van der Waals surface area contributed by atoms with Gasteiger partial charge in [-0.2, -0.15) is 0 Å². The third-order valence-electron chi connectivity index (χ3n) is 6.21. The highest BCUT2D eigenvalue weighted by molar-refractivity contribution is 5.95. The van der Waals surface area contributed by atoms with Gasteiger partial charge in [0.2, 0.25) is 0 Å². The lowest BCUT2D eigenvalue weighted by Crippen LogP contribution is -2.56. The average Bonchev–Trinajstić information content (AvgIpc) is 3.27. The minimum Gasteiger partial charge on any atom is -0.388 e. The van der Waals surface area contributed by atoms with Crippen molar-refractivity contribution in [1.82, 2.24) is 19.5 Å². The zero-order valence-electron chi connectivity index (χ0n) is 17.6.